The Morgan fingerprint density at radius 1 is 1.62 bits per heavy atom. The average molecular weight is 289 g/mol. The molecule has 3 N–H and O–H groups in total. The number of aliphatic hydroxyl groups is 1. The number of pyridine rings is 1. The van der Waals surface area contributed by atoms with Gasteiger partial charge in [-0.3, -0.25) is 0 Å². The van der Waals surface area contributed by atoms with Crippen LogP contribution in [0.2, 0.25) is 0 Å². The number of carboxylic acids is 1. The quantitative estimate of drug-likeness (QED) is 0.780. The number of hydrogen-bond donors (Lipinski definition) is 3. The molecule has 16 heavy (non-hydrogen) atoms. The van der Waals surface area contributed by atoms with Crippen LogP contribution >= 0.6 is 15.9 Å². The van der Waals surface area contributed by atoms with Gasteiger partial charge in [-0.25, -0.2) is 9.78 Å². The number of aromatic nitrogens is 1. The topological polar surface area (TPSA) is 82.5 Å². The molecular weight excluding hydrogens is 276 g/mol. The molecule has 1 aromatic heterocycles. The second-order valence-electron chi connectivity index (χ2n) is 3.70. The first-order chi connectivity index (χ1) is 7.33. The third-order valence-electron chi connectivity index (χ3n) is 2.10. The van der Waals surface area contributed by atoms with E-state index in [1.165, 1.54) is 6.92 Å². The van der Waals surface area contributed by atoms with Crippen molar-refractivity contribution >= 4 is 27.7 Å². The molecule has 0 amide bonds. The smallest absolute Gasteiger partial charge is 0.337 e. The second kappa shape index (κ2) is 4.80. The molecule has 1 rings (SSSR count). The number of hydrogen-bond acceptors (Lipinski definition) is 4. The molecule has 5 nitrogen and oxygen atoms in total. The number of anilines is 1. The summed E-state index contributed by atoms with van der Waals surface area (Å²) in [6.07, 6.45) is 0. The maximum Gasteiger partial charge on any atom is 0.337 e. The van der Waals surface area contributed by atoms with Gasteiger partial charge in [-0.1, -0.05) is 0 Å². The molecule has 0 spiro atoms. The van der Waals surface area contributed by atoms with Crippen LogP contribution in [-0.4, -0.2) is 33.3 Å². The summed E-state index contributed by atoms with van der Waals surface area (Å²) in [5.74, 6) is -0.740. The molecule has 0 aliphatic carbocycles. The molecule has 0 saturated carbocycles. The first kappa shape index (κ1) is 12.9. The highest BCUT2D eigenvalue weighted by Crippen LogP contribution is 2.16. The molecule has 0 fully saturated rings. The summed E-state index contributed by atoms with van der Waals surface area (Å²) in [5.41, 5.74) is -1.01. The Labute approximate surface area is 102 Å². The fourth-order valence-corrected chi connectivity index (χ4v) is 1.20. The van der Waals surface area contributed by atoms with E-state index >= 15 is 0 Å². The van der Waals surface area contributed by atoms with Gasteiger partial charge in [0.1, 0.15) is 5.82 Å². The van der Waals surface area contributed by atoms with E-state index in [4.69, 9.17) is 5.11 Å². The van der Waals surface area contributed by atoms with E-state index < -0.39 is 11.6 Å². The van der Waals surface area contributed by atoms with Crippen molar-refractivity contribution in [3.63, 3.8) is 0 Å². The van der Waals surface area contributed by atoms with E-state index in [2.05, 4.69) is 26.2 Å². The molecule has 0 aromatic carbocycles. The normalized spacial score (nSPS) is 14.2. The Morgan fingerprint density at radius 3 is 2.75 bits per heavy atom. The third kappa shape index (κ3) is 3.18. The molecule has 6 heteroatoms. The molecule has 0 bridgehead atoms. The number of nitrogens with zero attached hydrogens (tertiary/aromatic N) is 1. The van der Waals surface area contributed by atoms with E-state index in [1.54, 1.807) is 12.1 Å². The highest BCUT2D eigenvalue weighted by molar-refractivity contribution is 9.10. The minimum atomic E-state index is -1.80. The third-order valence-corrected chi connectivity index (χ3v) is 2.93. The predicted octanol–water partition coefficient (Wildman–Crippen LogP) is 1.40. The van der Waals surface area contributed by atoms with Crippen LogP contribution in [-0.2, 0) is 4.79 Å². The second-order valence-corrected chi connectivity index (χ2v) is 4.55. The average Bonchev–Trinajstić information content (AvgIpc) is 2.20. The Morgan fingerprint density at radius 2 is 2.25 bits per heavy atom. The van der Waals surface area contributed by atoms with Crippen LogP contribution in [0, 0.1) is 6.92 Å². The lowest BCUT2D eigenvalue weighted by Crippen LogP contribution is -2.41. The first-order valence-electron chi connectivity index (χ1n) is 4.66. The van der Waals surface area contributed by atoms with Gasteiger partial charge >= 0.3 is 5.97 Å². The molecular formula is C10H13BrN2O3. The van der Waals surface area contributed by atoms with Crippen molar-refractivity contribution in [2.75, 3.05) is 11.9 Å². The summed E-state index contributed by atoms with van der Waals surface area (Å²) >= 11 is 3.31. The maximum atomic E-state index is 10.6. The minimum Gasteiger partial charge on any atom is -0.479 e. The largest absolute Gasteiger partial charge is 0.479 e. The van der Waals surface area contributed by atoms with Gasteiger partial charge in [0.15, 0.2) is 5.60 Å². The molecule has 0 saturated heterocycles. The zero-order valence-corrected chi connectivity index (χ0v) is 10.6. The Kier molecular flexibility index (Phi) is 3.88. The van der Waals surface area contributed by atoms with Crippen molar-refractivity contribution in [3.8, 4) is 0 Å². The van der Waals surface area contributed by atoms with Gasteiger partial charge < -0.3 is 15.5 Å². The standard InChI is InChI=1S/C10H13BrN2O3/c1-6-7(11)3-4-8(13-6)12-5-10(2,16)9(14)15/h3-4,16H,5H2,1-2H3,(H,12,13)(H,14,15). The zero-order valence-electron chi connectivity index (χ0n) is 8.99. The number of aliphatic carboxylic acids is 1. The first-order valence-corrected chi connectivity index (χ1v) is 5.45. The molecule has 1 unspecified atom stereocenters. The SMILES string of the molecule is Cc1nc(NCC(C)(O)C(=O)O)ccc1Br. The van der Waals surface area contributed by atoms with Gasteiger partial charge in [0.2, 0.25) is 0 Å². The molecule has 1 heterocycles. The molecule has 88 valence electrons. The lowest BCUT2D eigenvalue weighted by atomic mass is 10.1. The minimum absolute atomic E-state index is 0.101. The fourth-order valence-electron chi connectivity index (χ4n) is 0.981. The van der Waals surface area contributed by atoms with E-state index in [0.717, 1.165) is 10.2 Å². The Hall–Kier alpha value is -1.14. The van der Waals surface area contributed by atoms with Crippen LogP contribution in [0.5, 0.6) is 0 Å². The van der Waals surface area contributed by atoms with Gasteiger partial charge in [0.25, 0.3) is 0 Å². The van der Waals surface area contributed by atoms with Gasteiger partial charge in [0, 0.05) is 4.47 Å². The number of carboxylic acid groups (broad SMARTS) is 1. The Balaban J connectivity index is 2.68. The molecule has 0 radical (unpaired) electrons. The summed E-state index contributed by atoms with van der Waals surface area (Å²) in [7, 11) is 0. The molecule has 1 aromatic rings. The summed E-state index contributed by atoms with van der Waals surface area (Å²) in [5, 5.41) is 20.9. The number of nitrogens with one attached hydrogen (secondary N) is 1. The van der Waals surface area contributed by atoms with Gasteiger partial charge in [-0.05, 0) is 41.9 Å². The molecule has 0 aliphatic rings. The zero-order chi connectivity index (χ0) is 12.3. The highest BCUT2D eigenvalue weighted by Gasteiger charge is 2.29. The van der Waals surface area contributed by atoms with E-state index in [9.17, 15) is 9.90 Å². The van der Waals surface area contributed by atoms with Gasteiger partial charge in [-0.15, -0.1) is 0 Å². The van der Waals surface area contributed by atoms with Crippen LogP contribution in [0.3, 0.4) is 0 Å². The van der Waals surface area contributed by atoms with Crippen LogP contribution in [0.15, 0.2) is 16.6 Å². The monoisotopic (exact) mass is 288 g/mol. The van der Waals surface area contributed by atoms with Gasteiger partial charge in [-0.2, -0.15) is 0 Å². The van der Waals surface area contributed by atoms with Gasteiger partial charge in [0.05, 0.1) is 12.2 Å². The molecule has 0 aliphatic heterocycles. The molecule has 1 atom stereocenters. The van der Waals surface area contributed by atoms with E-state index in [1.807, 2.05) is 6.92 Å². The maximum absolute atomic E-state index is 10.6. The number of aryl methyl sites for hydroxylation is 1. The van der Waals surface area contributed by atoms with Crippen LogP contribution < -0.4 is 5.32 Å². The summed E-state index contributed by atoms with van der Waals surface area (Å²) in [6, 6.07) is 3.51. The lowest BCUT2D eigenvalue weighted by molar-refractivity contribution is -0.155. The lowest BCUT2D eigenvalue weighted by Gasteiger charge is -2.18. The highest BCUT2D eigenvalue weighted by atomic mass is 79.9. The van der Waals surface area contributed by atoms with E-state index in [-0.39, 0.29) is 6.54 Å². The van der Waals surface area contributed by atoms with Crippen molar-refractivity contribution in [2.45, 2.75) is 19.4 Å². The van der Waals surface area contributed by atoms with Crippen LogP contribution in [0.1, 0.15) is 12.6 Å². The van der Waals surface area contributed by atoms with Crippen molar-refractivity contribution in [1.82, 2.24) is 4.98 Å². The summed E-state index contributed by atoms with van der Waals surface area (Å²) in [6.45, 7) is 2.95. The van der Waals surface area contributed by atoms with Crippen molar-refractivity contribution in [1.29, 1.82) is 0 Å². The predicted molar refractivity (Wildman–Crippen MR) is 63.4 cm³/mol. The summed E-state index contributed by atoms with van der Waals surface area (Å²) < 4.78 is 0.878. The number of rotatable bonds is 4. The number of carbonyl (C=O) groups is 1. The summed E-state index contributed by atoms with van der Waals surface area (Å²) in [4.78, 5) is 14.8. The fraction of sp³-hybridized carbons (Fsp3) is 0.400. The van der Waals surface area contributed by atoms with E-state index in [0.29, 0.717) is 5.82 Å². The van der Waals surface area contributed by atoms with Crippen LogP contribution in [0.4, 0.5) is 5.82 Å². The van der Waals surface area contributed by atoms with Crippen molar-refractivity contribution < 1.29 is 15.0 Å². The Bertz CT molecular complexity index is 407. The van der Waals surface area contributed by atoms with Crippen molar-refractivity contribution in [2.24, 2.45) is 0 Å². The van der Waals surface area contributed by atoms with Crippen LogP contribution in [0.25, 0.3) is 0 Å². The van der Waals surface area contributed by atoms with Crippen molar-refractivity contribution in [3.05, 3.63) is 22.3 Å². The number of halogens is 1.